The molecule has 1 aliphatic carbocycles. The van der Waals surface area contributed by atoms with E-state index in [-0.39, 0.29) is 24.4 Å². The Labute approximate surface area is 142 Å². The second-order valence-electron chi connectivity index (χ2n) is 7.42. The first kappa shape index (κ1) is 17.0. The van der Waals surface area contributed by atoms with Gasteiger partial charge in [0.25, 0.3) is 0 Å². The lowest BCUT2D eigenvalue weighted by Gasteiger charge is -2.45. The maximum Gasteiger partial charge on any atom is 0.317 e. The van der Waals surface area contributed by atoms with Gasteiger partial charge in [0.2, 0.25) is 5.91 Å². The zero-order valence-corrected chi connectivity index (χ0v) is 14.3. The van der Waals surface area contributed by atoms with Crippen LogP contribution in [0.4, 0.5) is 4.79 Å². The SMILES string of the molecule is CN1C(=O)CC(C(=O)O)C12CCN(C(=O)NC1CCCCC1)CC2. The fourth-order valence-corrected chi connectivity index (χ4v) is 4.59. The Balaban J connectivity index is 1.61. The summed E-state index contributed by atoms with van der Waals surface area (Å²) in [5, 5.41) is 12.6. The largest absolute Gasteiger partial charge is 0.481 e. The van der Waals surface area contributed by atoms with E-state index in [0.29, 0.717) is 25.9 Å². The van der Waals surface area contributed by atoms with E-state index < -0.39 is 17.4 Å². The van der Waals surface area contributed by atoms with Crippen molar-refractivity contribution in [3.63, 3.8) is 0 Å². The first-order valence-corrected chi connectivity index (χ1v) is 8.99. The van der Waals surface area contributed by atoms with Gasteiger partial charge in [0.15, 0.2) is 0 Å². The van der Waals surface area contributed by atoms with E-state index in [0.717, 1.165) is 12.8 Å². The smallest absolute Gasteiger partial charge is 0.317 e. The summed E-state index contributed by atoms with van der Waals surface area (Å²) in [7, 11) is 1.70. The number of carboxylic acids is 1. The monoisotopic (exact) mass is 337 g/mol. The summed E-state index contributed by atoms with van der Waals surface area (Å²) in [6.45, 7) is 1.000. The standard InChI is InChI=1S/C17H27N3O4/c1-19-14(21)11-13(15(22)23)17(19)7-9-20(10-8-17)16(24)18-12-5-3-2-4-6-12/h12-13H,2-11H2,1H3,(H,18,24)(H,22,23). The number of hydrogen-bond acceptors (Lipinski definition) is 3. The predicted molar refractivity (Wildman–Crippen MR) is 87.5 cm³/mol. The summed E-state index contributed by atoms with van der Waals surface area (Å²) in [5.74, 6) is -1.69. The van der Waals surface area contributed by atoms with Gasteiger partial charge in [0.1, 0.15) is 0 Å². The van der Waals surface area contributed by atoms with Crippen LogP contribution in [0.3, 0.4) is 0 Å². The van der Waals surface area contributed by atoms with Crippen molar-refractivity contribution in [2.75, 3.05) is 20.1 Å². The average molecular weight is 337 g/mol. The molecular weight excluding hydrogens is 310 g/mol. The Kier molecular flexibility index (Phi) is 4.69. The fourth-order valence-electron chi connectivity index (χ4n) is 4.59. The number of aliphatic carboxylic acids is 1. The summed E-state index contributed by atoms with van der Waals surface area (Å²) < 4.78 is 0. The number of carboxylic acid groups (broad SMARTS) is 1. The zero-order chi connectivity index (χ0) is 17.3. The van der Waals surface area contributed by atoms with Crippen LogP contribution >= 0.6 is 0 Å². The highest BCUT2D eigenvalue weighted by Crippen LogP contribution is 2.42. The van der Waals surface area contributed by atoms with Gasteiger partial charge >= 0.3 is 12.0 Å². The maximum absolute atomic E-state index is 12.4. The van der Waals surface area contributed by atoms with E-state index in [1.807, 2.05) is 0 Å². The number of piperidine rings is 1. The third-order valence-electron chi connectivity index (χ3n) is 6.22. The van der Waals surface area contributed by atoms with Crippen molar-refractivity contribution >= 4 is 17.9 Å². The third-order valence-corrected chi connectivity index (χ3v) is 6.22. The summed E-state index contributed by atoms with van der Waals surface area (Å²) in [6.07, 6.45) is 6.80. The Morgan fingerprint density at radius 2 is 1.79 bits per heavy atom. The van der Waals surface area contributed by atoms with E-state index in [2.05, 4.69) is 5.32 Å². The van der Waals surface area contributed by atoms with Crippen LogP contribution in [0.1, 0.15) is 51.4 Å². The highest BCUT2D eigenvalue weighted by atomic mass is 16.4. The maximum atomic E-state index is 12.4. The van der Waals surface area contributed by atoms with E-state index in [1.54, 1.807) is 16.8 Å². The Hall–Kier alpha value is -1.79. The van der Waals surface area contributed by atoms with Crippen molar-refractivity contribution in [3.8, 4) is 0 Å². The van der Waals surface area contributed by atoms with E-state index >= 15 is 0 Å². The van der Waals surface area contributed by atoms with E-state index in [9.17, 15) is 19.5 Å². The zero-order valence-electron chi connectivity index (χ0n) is 14.3. The summed E-state index contributed by atoms with van der Waals surface area (Å²) >= 11 is 0. The molecule has 0 aromatic carbocycles. The lowest BCUT2D eigenvalue weighted by atomic mass is 9.77. The third kappa shape index (κ3) is 2.96. The van der Waals surface area contributed by atoms with Crippen molar-refractivity contribution in [3.05, 3.63) is 0 Å². The summed E-state index contributed by atoms with van der Waals surface area (Å²) in [4.78, 5) is 39.4. The molecule has 0 radical (unpaired) electrons. The Morgan fingerprint density at radius 1 is 1.17 bits per heavy atom. The molecule has 2 aliphatic heterocycles. The molecule has 7 nitrogen and oxygen atoms in total. The lowest BCUT2D eigenvalue weighted by molar-refractivity contribution is -0.145. The number of nitrogens with one attached hydrogen (secondary N) is 1. The number of hydrogen-bond donors (Lipinski definition) is 2. The number of carbonyl (C=O) groups excluding carboxylic acids is 2. The molecule has 3 fully saturated rings. The molecule has 24 heavy (non-hydrogen) atoms. The van der Waals surface area contributed by atoms with Gasteiger partial charge in [0.05, 0.1) is 11.5 Å². The average Bonchev–Trinajstić information content (AvgIpc) is 2.82. The van der Waals surface area contributed by atoms with Gasteiger partial charge < -0.3 is 20.2 Å². The van der Waals surface area contributed by atoms with Crippen LogP contribution < -0.4 is 5.32 Å². The van der Waals surface area contributed by atoms with Crippen molar-refractivity contribution in [2.24, 2.45) is 5.92 Å². The number of likely N-dealkylation sites (tertiary alicyclic amines) is 2. The molecule has 3 aliphatic rings. The minimum absolute atomic E-state index is 0.0457. The highest BCUT2D eigenvalue weighted by Gasteiger charge is 2.55. The van der Waals surface area contributed by atoms with Gasteiger partial charge in [0, 0.05) is 32.6 Å². The first-order valence-electron chi connectivity index (χ1n) is 8.99. The number of carbonyl (C=O) groups is 3. The highest BCUT2D eigenvalue weighted by molar-refractivity contribution is 5.88. The second kappa shape index (κ2) is 6.61. The molecule has 134 valence electrons. The molecule has 2 heterocycles. The van der Waals surface area contributed by atoms with E-state index in [1.165, 1.54) is 19.3 Å². The summed E-state index contributed by atoms with van der Waals surface area (Å²) in [5.41, 5.74) is -0.634. The number of amides is 3. The Bertz CT molecular complexity index is 522. The minimum atomic E-state index is -0.909. The molecule has 0 aromatic heterocycles. The second-order valence-corrected chi connectivity index (χ2v) is 7.42. The minimum Gasteiger partial charge on any atom is -0.481 e. The molecule has 3 amide bonds. The number of urea groups is 1. The quantitative estimate of drug-likeness (QED) is 0.797. The topological polar surface area (TPSA) is 90.0 Å². The van der Waals surface area contributed by atoms with Crippen LogP contribution in [0, 0.1) is 5.92 Å². The van der Waals surface area contributed by atoms with Gasteiger partial charge in [-0.15, -0.1) is 0 Å². The van der Waals surface area contributed by atoms with Gasteiger partial charge in [-0.05, 0) is 25.7 Å². The predicted octanol–water partition coefficient (Wildman–Crippen LogP) is 1.43. The molecule has 1 saturated carbocycles. The Morgan fingerprint density at radius 3 is 2.38 bits per heavy atom. The molecule has 0 bridgehead atoms. The molecule has 0 aromatic rings. The van der Waals surface area contributed by atoms with Crippen molar-refractivity contribution in [1.29, 1.82) is 0 Å². The lowest BCUT2D eigenvalue weighted by Crippen LogP contribution is -2.58. The van der Waals surface area contributed by atoms with E-state index in [4.69, 9.17) is 0 Å². The molecule has 1 unspecified atom stereocenters. The van der Waals surface area contributed by atoms with Crippen LogP contribution in [-0.4, -0.2) is 64.5 Å². The molecule has 2 N–H and O–H groups in total. The van der Waals surface area contributed by atoms with Crippen LogP contribution in [0.5, 0.6) is 0 Å². The van der Waals surface area contributed by atoms with Crippen LogP contribution in [0.2, 0.25) is 0 Å². The van der Waals surface area contributed by atoms with Gasteiger partial charge in [-0.1, -0.05) is 19.3 Å². The van der Waals surface area contributed by atoms with Crippen molar-refractivity contribution < 1.29 is 19.5 Å². The number of nitrogens with zero attached hydrogens (tertiary/aromatic N) is 2. The van der Waals surface area contributed by atoms with Crippen LogP contribution in [0.25, 0.3) is 0 Å². The molecule has 1 spiro atoms. The molecular formula is C17H27N3O4. The molecule has 2 saturated heterocycles. The fraction of sp³-hybridized carbons (Fsp3) is 0.824. The van der Waals surface area contributed by atoms with Crippen LogP contribution in [-0.2, 0) is 9.59 Å². The van der Waals surface area contributed by atoms with Crippen molar-refractivity contribution in [2.45, 2.75) is 62.9 Å². The molecule has 1 atom stereocenters. The molecule has 3 rings (SSSR count). The van der Waals surface area contributed by atoms with Gasteiger partial charge in [-0.3, -0.25) is 9.59 Å². The number of rotatable bonds is 2. The summed E-state index contributed by atoms with van der Waals surface area (Å²) in [6, 6.07) is 0.222. The van der Waals surface area contributed by atoms with Gasteiger partial charge in [-0.2, -0.15) is 0 Å². The van der Waals surface area contributed by atoms with Gasteiger partial charge in [-0.25, -0.2) is 4.79 Å². The normalized spacial score (nSPS) is 27.5. The molecule has 7 heteroatoms. The van der Waals surface area contributed by atoms with Crippen LogP contribution in [0.15, 0.2) is 0 Å². The first-order chi connectivity index (χ1) is 11.4. The van der Waals surface area contributed by atoms with Crippen molar-refractivity contribution in [1.82, 2.24) is 15.1 Å².